The van der Waals surface area contributed by atoms with E-state index in [2.05, 4.69) is 23.7 Å². The molecule has 1 N–H and O–H groups in total. The molecule has 0 bridgehead atoms. The van der Waals surface area contributed by atoms with Gasteiger partial charge in [-0.25, -0.2) is 0 Å². The van der Waals surface area contributed by atoms with Gasteiger partial charge in [-0.1, -0.05) is 0 Å². The van der Waals surface area contributed by atoms with E-state index in [9.17, 15) is 9.59 Å². The Morgan fingerprint density at radius 3 is 2.50 bits per heavy atom. The van der Waals surface area contributed by atoms with Gasteiger partial charge in [-0.2, -0.15) is 5.26 Å². The highest BCUT2D eigenvalue weighted by Crippen LogP contribution is 2.30. The van der Waals surface area contributed by atoms with Crippen LogP contribution in [-0.2, 0) is 0 Å². The average Bonchev–Trinajstić information content (AvgIpc) is 2.67. The summed E-state index contributed by atoms with van der Waals surface area (Å²) in [6, 6.07) is 11.1. The molecule has 0 saturated carbocycles. The number of nitrogens with zero attached hydrogens (tertiary/aromatic N) is 3. The fourth-order valence-electron chi connectivity index (χ4n) is 3.67. The first kappa shape index (κ1) is 19.5. The molecule has 1 aromatic heterocycles. The molecular formula is C21H24N4O3. The van der Waals surface area contributed by atoms with Crippen LogP contribution in [-0.4, -0.2) is 48.1 Å². The fraction of sp³-hybridized carbons (Fsp3) is 0.381. The van der Waals surface area contributed by atoms with Gasteiger partial charge in [0.15, 0.2) is 0 Å². The van der Waals surface area contributed by atoms with Gasteiger partial charge in [-0.3, -0.25) is 9.59 Å². The van der Waals surface area contributed by atoms with Crippen molar-refractivity contribution < 1.29 is 9.53 Å². The number of nitriles is 1. The largest absolute Gasteiger partial charge is 0.497 e. The highest BCUT2D eigenvalue weighted by Gasteiger charge is 2.36. The maximum absolute atomic E-state index is 13.1. The van der Waals surface area contributed by atoms with Crippen LogP contribution in [0.5, 0.6) is 5.75 Å². The Hall–Kier alpha value is -3.27. The standard InChI is InChI=1S/C21H24N4O3/c1-14-18(11-15(12-22)19(26)23-14)20(27)24-9-10-25(21(2,3)13-24)16-5-7-17(28-4)8-6-16/h5-8,11H,9-10,13H2,1-4H3,(H,23,26). The lowest BCUT2D eigenvalue weighted by Crippen LogP contribution is -2.60. The summed E-state index contributed by atoms with van der Waals surface area (Å²) in [5.74, 6) is 0.630. The van der Waals surface area contributed by atoms with Gasteiger partial charge in [0.2, 0.25) is 0 Å². The summed E-state index contributed by atoms with van der Waals surface area (Å²) in [7, 11) is 1.64. The van der Waals surface area contributed by atoms with Gasteiger partial charge < -0.3 is 19.5 Å². The number of methoxy groups -OCH3 is 1. The zero-order valence-corrected chi connectivity index (χ0v) is 16.6. The molecule has 1 amide bonds. The number of aromatic amines is 1. The molecule has 1 saturated heterocycles. The van der Waals surface area contributed by atoms with Crippen molar-refractivity contribution in [3.63, 3.8) is 0 Å². The van der Waals surface area contributed by atoms with Gasteiger partial charge in [0, 0.05) is 31.0 Å². The van der Waals surface area contributed by atoms with E-state index in [0.717, 1.165) is 11.4 Å². The van der Waals surface area contributed by atoms with E-state index in [1.807, 2.05) is 30.3 Å². The Morgan fingerprint density at radius 1 is 1.25 bits per heavy atom. The molecule has 1 aliphatic heterocycles. The molecule has 0 unspecified atom stereocenters. The van der Waals surface area contributed by atoms with E-state index in [1.54, 1.807) is 18.9 Å². The number of aryl methyl sites for hydroxylation is 1. The number of aromatic nitrogens is 1. The van der Waals surface area contributed by atoms with Crippen molar-refractivity contribution >= 4 is 11.6 Å². The van der Waals surface area contributed by atoms with Crippen molar-refractivity contribution in [2.45, 2.75) is 26.3 Å². The highest BCUT2D eigenvalue weighted by molar-refractivity contribution is 5.95. The summed E-state index contributed by atoms with van der Waals surface area (Å²) < 4.78 is 5.22. The number of ether oxygens (including phenoxy) is 1. The first-order chi connectivity index (χ1) is 13.3. The Kier molecular flexibility index (Phi) is 5.14. The van der Waals surface area contributed by atoms with E-state index >= 15 is 0 Å². The van der Waals surface area contributed by atoms with E-state index in [4.69, 9.17) is 10.00 Å². The Morgan fingerprint density at radius 2 is 1.93 bits per heavy atom. The summed E-state index contributed by atoms with van der Waals surface area (Å²) in [6.07, 6.45) is 0. The average molecular weight is 380 g/mol. The molecule has 1 aliphatic rings. The molecule has 0 spiro atoms. The molecular weight excluding hydrogens is 356 g/mol. The second kappa shape index (κ2) is 7.39. The maximum Gasteiger partial charge on any atom is 0.266 e. The third-order valence-electron chi connectivity index (χ3n) is 5.16. The summed E-state index contributed by atoms with van der Waals surface area (Å²) in [5, 5.41) is 9.10. The zero-order valence-electron chi connectivity index (χ0n) is 16.6. The third-order valence-corrected chi connectivity index (χ3v) is 5.16. The summed E-state index contributed by atoms with van der Waals surface area (Å²) in [6.45, 7) is 7.62. The van der Waals surface area contributed by atoms with Crippen LogP contribution >= 0.6 is 0 Å². The first-order valence-corrected chi connectivity index (χ1v) is 9.12. The van der Waals surface area contributed by atoms with Gasteiger partial charge in [0.25, 0.3) is 11.5 Å². The molecule has 2 aromatic rings. The predicted molar refractivity (Wildman–Crippen MR) is 107 cm³/mol. The summed E-state index contributed by atoms with van der Waals surface area (Å²) >= 11 is 0. The molecule has 7 nitrogen and oxygen atoms in total. The second-order valence-corrected chi connectivity index (χ2v) is 7.55. The lowest BCUT2D eigenvalue weighted by molar-refractivity contribution is 0.0685. The van der Waals surface area contributed by atoms with Crippen molar-refractivity contribution in [1.29, 1.82) is 5.26 Å². The number of anilines is 1. The minimum absolute atomic E-state index is 0.0509. The molecule has 146 valence electrons. The number of rotatable bonds is 3. The fourth-order valence-corrected chi connectivity index (χ4v) is 3.67. The van der Waals surface area contributed by atoms with Crippen LogP contribution in [0.25, 0.3) is 0 Å². The second-order valence-electron chi connectivity index (χ2n) is 7.55. The van der Waals surface area contributed by atoms with Crippen molar-refractivity contribution in [2.24, 2.45) is 0 Å². The van der Waals surface area contributed by atoms with Crippen LogP contribution in [0.15, 0.2) is 35.1 Å². The molecule has 1 fully saturated rings. The zero-order chi connectivity index (χ0) is 20.5. The number of carbonyl (C=O) groups is 1. The minimum atomic E-state index is -0.471. The van der Waals surface area contributed by atoms with Crippen LogP contribution < -0.4 is 15.2 Å². The smallest absolute Gasteiger partial charge is 0.266 e. The minimum Gasteiger partial charge on any atom is -0.497 e. The lowest BCUT2D eigenvalue weighted by Gasteiger charge is -2.48. The van der Waals surface area contributed by atoms with Crippen LogP contribution in [0.4, 0.5) is 5.69 Å². The van der Waals surface area contributed by atoms with Crippen molar-refractivity contribution in [3.05, 3.63) is 57.5 Å². The summed E-state index contributed by atoms with van der Waals surface area (Å²) in [4.78, 5) is 31.5. The van der Waals surface area contributed by atoms with E-state index < -0.39 is 5.56 Å². The van der Waals surface area contributed by atoms with Gasteiger partial charge in [0.05, 0.1) is 18.2 Å². The monoisotopic (exact) mass is 380 g/mol. The molecule has 0 aliphatic carbocycles. The number of nitrogens with one attached hydrogen (secondary N) is 1. The Labute approximate surface area is 164 Å². The molecule has 7 heteroatoms. The molecule has 2 heterocycles. The van der Waals surface area contributed by atoms with Gasteiger partial charge in [-0.05, 0) is 51.1 Å². The summed E-state index contributed by atoms with van der Waals surface area (Å²) in [5.41, 5.74) is 1.11. The topological polar surface area (TPSA) is 89.4 Å². The van der Waals surface area contributed by atoms with Crippen LogP contribution in [0, 0.1) is 18.3 Å². The number of pyridine rings is 1. The maximum atomic E-state index is 13.1. The van der Waals surface area contributed by atoms with Gasteiger partial charge in [-0.15, -0.1) is 0 Å². The van der Waals surface area contributed by atoms with E-state index in [1.165, 1.54) is 6.07 Å². The Bertz CT molecular complexity index is 986. The highest BCUT2D eigenvalue weighted by atomic mass is 16.5. The quantitative estimate of drug-likeness (QED) is 0.883. The molecule has 1 aromatic carbocycles. The Balaban J connectivity index is 1.83. The van der Waals surface area contributed by atoms with Crippen LogP contribution in [0.3, 0.4) is 0 Å². The van der Waals surface area contributed by atoms with E-state index in [-0.39, 0.29) is 17.0 Å². The molecule has 0 radical (unpaired) electrons. The number of hydrogen-bond acceptors (Lipinski definition) is 5. The number of benzene rings is 1. The number of carbonyl (C=O) groups excluding carboxylic acids is 1. The van der Waals surface area contributed by atoms with Crippen molar-refractivity contribution in [3.8, 4) is 11.8 Å². The number of H-pyrrole nitrogens is 1. The first-order valence-electron chi connectivity index (χ1n) is 9.12. The number of piperazine rings is 1. The van der Waals surface area contributed by atoms with Gasteiger partial charge in [0.1, 0.15) is 17.4 Å². The van der Waals surface area contributed by atoms with Crippen LogP contribution in [0.2, 0.25) is 0 Å². The third kappa shape index (κ3) is 3.58. The van der Waals surface area contributed by atoms with E-state index in [0.29, 0.717) is 30.9 Å². The van der Waals surface area contributed by atoms with Crippen molar-refractivity contribution in [1.82, 2.24) is 9.88 Å². The van der Waals surface area contributed by atoms with Crippen LogP contribution in [0.1, 0.15) is 35.5 Å². The van der Waals surface area contributed by atoms with Crippen molar-refractivity contribution in [2.75, 3.05) is 31.6 Å². The molecule has 3 rings (SSSR count). The lowest BCUT2D eigenvalue weighted by atomic mass is 9.96. The molecule has 28 heavy (non-hydrogen) atoms. The molecule has 0 atom stereocenters. The predicted octanol–water partition coefficient (Wildman–Crippen LogP) is 2.30. The SMILES string of the molecule is COc1ccc(N2CCN(C(=O)c3cc(C#N)c(=O)[nH]c3C)CC2(C)C)cc1. The number of hydrogen-bond donors (Lipinski definition) is 1. The number of amides is 1. The normalized spacial score (nSPS) is 15.8. The van der Waals surface area contributed by atoms with Gasteiger partial charge >= 0.3 is 0 Å².